The molecule has 0 aliphatic heterocycles. The number of carbonyl (C=O) groups excluding carboxylic acids is 1. The molecule has 1 rings (SSSR count). The molecule has 0 heterocycles. The van der Waals surface area contributed by atoms with Gasteiger partial charge in [-0.2, -0.15) is 0 Å². The van der Waals surface area contributed by atoms with E-state index in [0.29, 0.717) is 0 Å². The monoisotopic (exact) mass is 163 g/mol. The summed E-state index contributed by atoms with van der Waals surface area (Å²) in [5.74, 6) is 0. The zero-order valence-electron chi connectivity index (χ0n) is 5.79. The van der Waals surface area contributed by atoms with Crippen molar-refractivity contribution in [3.63, 3.8) is 0 Å². The Hall–Kier alpha value is -1.29. The summed E-state index contributed by atoms with van der Waals surface area (Å²) in [6, 6.07) is 8.92. The predicted octanol–water partition coefficient (Wildman–Crippen LogP) is 0.892. The van der Waals surface area contributed by atoms with Gasteiger partial charge in [0.25, 0.3) is 0 Å². The molecule has 0 saturated carbocycles. The Morgan fingerprint density at radius 2 is 1.91 bits per heavy atom. The highest BCUT2D eigenvalue weighted by atomic mass is 28.2. The van der Waals surface area contributed by atoms with Crippen molar-refractivity contribution in [2.75, 3.05) is 5.32 Å². The minimum absolute atomic E-state index is 0.284. The number of benzene rings is 1. The van der Waals surface area contributed by atoms with Crippen molar-refractivity contribution in [3.8, 4) is 0 Å². The van der Waals surface area contributed by atoms with E-state index in [2.05, 4.69) is 20.7 Å². The van der Waals surface area contributed by atoms with Crippen molar-refractivity contribution in [2.24, 2.45) is 0 Å². The summed E-state index contributed by atoms with van der Waals surface area (Å²) in [6.45, 7) is 0. The second kappa shape index (κ2) is 3.77. The molecule has 1 aromatic rings. The topological polar surface area (TPSA) is 41.1 Å². The lowest BCUT2D eigenvalue weighted by atomic mass is 10.3. The number of amides is 2. The molecule has 0 unspecified atom stereocenters. The maximum absolute atomic E-state index is 10.7. The Labute approximate surface area is 68.3 Å². The first-order chi connectivity index (χ1) is 5.33. The molecule has 0 aliphatic carbocycles. The van der Waals surface area contributed by atoms with Crippen LogP contribution in [0.3, 0.4) is 0 Å². The van der Waals surface area contributed by atoms with Crippen LogP contribution in [0, 0.1) is 0 Å². The van der Waals surface area contributed by atoms with E-state index in [1.807, 2.05) is 30.3 Å². The minimum Gasteiger partial charge on any atom is -0.366 e. The smallest absolute Gasteiger partial charge is 0.310 e. The summed E-state index contributed by atoms with van der Waals surface area (Å²) in [5, 5.41) is 2.59. The highest BCUT2D eigenvalue weighted by molar-refractivity contribution is 6.16. The molecule has 0 aromatic heterocycles. The lowest BCUT2D eigenvalue weighted by Crippen LogP contribution is -2.25. The third-order valence-electron chi connectivity index (χ3n) is 1.15. The van der Waals surface area contributed by atoms with Crippen molar-refractivity contribution in [3.05, 3.63) is 30.3 Å². The highest BCUT2D eigenvalue weighted by Crippen LogP contribution is 2.03. The summed E-state index contributed by atoms with van der Waals surface area (Å²) in [4.78, 5) is 13.0. The second-order valence-electron chi connectivity index (χ2n) is 1.95. The van der Waals surface area contributed by atoms with Crippen LogP contribution in [-0.4, -0.2) is 16.4 Å². The number of anilines is 1. The Morgan fingerprint density at radius 3 is 2.45 bits per heavy atom. The van der Waals surface area contributed by atoms with E-state index in [9.17, 15) is 4.79 Å². The van der Waals surface area contributed by atoms with Gasteiger partial charge < -0.3 is 10.3 Å². The predicted molar refractivity (Wildman–Crippen MR) is 44.4 cm³/mol. The maximum atomic E-state index is 10.7. The molecule has 0 aliphatic rings. The van der Waals surface area contributed by atoms with Crippen LogP contribution in [0.15, 0.2) is 30.3 Å². The normalized spacial score (nSPS) is 8.82. The Kier molecular flexibility index (Phi) is 2.68. The van der Waals surface area contributed by atoms with Crippen LogP contribution in [0.25, 0.3) is 0 Å². The fourth-order valence-electron chi connectivity index (χ4n) is 0.684. The molecule has 2 N–H and O–H groups in total. The van der Waals surface area contributed by atoms with Gasteiger partial charge in [0.1, 0.15) is 0 Å². The van der Waals surface area contributed by atoms with Crippen molar-refractivity contribution >= 4 is 22.1 Å². The minimum atomic E-state index is -0.284. The maximum Gasteiger partial charge on any atom is 0.310 e. The highest BCUT2D eigenvalue weighted by Gasteiger charge is 1.94. The van der Waals surface area contributed by atoms with Gasteiger partial charge in [-0.05, 0) is 12.1 Å². The van der Waals surface area contributed by atoms with Gasteiger partial charge in [0, 0.05) is 5.69 Å². The summed E-state index contributed by atoms with van der Waals surface area (Å²) < 4.78 is 0. The van der Waals surface area contributed by atoms with Crippen LogP contribution in [0.4, 0.5) is 10.5 Å². The van der Waals surface area contributed by atoms with Crippen molar-refractivity contribution in [1.29, 1.82) is 0 Å². The first-order valence-corrected chi connectivity index (χ1v) is 3.61. The fraction of sp³-hybridized carbons (Fsp3) is 0. The zero-order chi connectivity index (χ0) is 8.10. The summed E-state index contributed by atoms with van der Waals surface area (Å²) >= 11 is 0. The van der Waals surface area contributed by atoms with Gasteiger partial charge in [0.15, 0.2) is 10.4 Å². The molecule has 4 heteroatoms. The van der Waals surface area contributed by atoms with Crippen LogP contribution in [0.5, 0.6) is 0 Å². The first kappa shape index (κ1) is 7.81. The summed E-state index contributed by atoms with van der Waals surface area (Å²) in [5.41, 5.74) is 0.767. The Morgan fingerprint density at radius 1 is 1.27 bits per heavy atom. The SMILES string of the molecule is O=C(N[Si])Nc1ccccc1. The van der Waals surface area contributed by atoms with Crippen LogP contribution >= 0.6 is 0 Å². The van der Waals surface area contributed by atoms with Crippen LogP contribution in [-0.2, 0) is 0 Å². The lowest BCUT2D eigenvalue weighted by molar-refractivity contribution is 0.257. The molecule has 3 nitrogen and oxygen atoms in total. The van der Waals surface area contributed by atoms with E-state index in [0.717, 1.165) is 5.69 Å². The molecule has 55 valence electrons. The first-order valence-electron chi connectivity index (χ1n) is 3.11. The fourth-order valence-corrected chi connectivity index (χ4v) is 0.746. The Bertz CT molecular complexity index is 237. The van der Waals surface area contributed by atoms with Gasteiger partial charge in [0.05, 0.1) is 0 Å². The zero-order valence-corrected chi connectivity index (χ0v) is 6.79. The molecule has 0 atom stereocenters. The molecule has 1 aromatic carbocycles. The molecule has 11 heavy (non-hydrogen) atoms. The molecular weight excluding hydrogens is 156 g/mol. The lowest BCUT2D eigenvalue weighted by Gasteiger charge is -2.01. The molecule has 0 bridgehead atoms. The van der Waals surface area contributed by atoms with E-state index < -0.39 is 0 Å². The van der Waals surface area contributed by atoms with Crippen molar-refractivity contribution in [1.82, 2.24) is 4.98 Å². The van der Waals surface area contributed by atoms with E-state index in [4.69, 9.17) is 0 Å². The van der Waals surface area contributed by atoms with Crippen molar-refractivity contribution < 1.29 is 4.79 Å². The van der Waals surface area contributed by atoms with Gasteiger partial charge in [-0.3, -0.25) is 0 Å². The van der Waals surface area contributed by atoms with Gasteiger partial charge in [0.2, 0.25) is 0 Å². The largest absolute Gasteiger partial charge is 0.366 e. The van der Waals surface area contributed by atoms with E-state index in [-0.39, 0.29) is 6.03 Å². The van der Waals surface area contributed by atoms with Crippen LogP contribution < -0.4 is 10.3 Å². The molecule has 0 fully saturated rings. The van der Waals surface area contributed by atoms with Gasteiger partial charge >= 0.3 is 6.03 Å². The van der Waals surface area contributed by atoms with Crippen LogP contribution in [0.2, 0.25) is 0 Å². The van der Waals surface area contributed by atoms with Crippen LogP contribution in [0.1, 0.15) is 0 Å². The number of urea groups is 1. The van der Waals surface area contributed by atoms with E-state index in [1.54, 1.807) is 0 Å². The van der Waals surface area contributed by atoms with Gasteiger partial charge in [-0.25, -0.2) is 4.79 Å². The van der Waals surface area contributed by atoms with Gasteiger partial charge in [-0.1, -0.05) is 18.2 Å². The molecular formula is C7H7N2OSi. The Balaban J connectivity index is 2.58. The molecule has 0 spiro atoms. The van der Waals surface area contributed by atoms with Gasteiger partial charge in [-0.15, -0.1) is 0 Å². The molecule has 3 radical (unpaired) electrons. The number of rotatable bonds is 1. The summed E-state index contributed by atoms with van der Waals surface area (Å²) in [7, 11) is 2.86. The number of hydrogen-bond donors (Lipinski definition) is 2. The van der Waals surface area contributed by atoms with Crippen molar-refractivity contribution in [2.45, 2.75) is 0 Å². The molecule has 0 saturated heterocycles. The third-order valence-corrected chi connectivity index (χ3v) is 1.37. The van der Waals surface area contributed by atoms with E-state index >= 15 is 0 Å². The quantitative estimate of drug-likeness (QED) is 0.593. The number of hydrogen-bond acceptors (Lipinski definition) is 1. The second-order valence-corrected chi connectivity index (χ2v) is 2.20. The average Bonchev–Trinajstić information content (AvgIpc) is 2.06. The number of carbonyl (C=O) groups is 1. The summed E-state index contributed by atoms with van der Waals surface area (Å²) in [6.07, 6.45) is 0. The number of para-hydroxylation sites is 1. The molecule has 2 amide bonds. The number of nitrogens with one attached hydrogen (secondary N) is 2. The third kappa shape index (κ3) is 2.43. The average molecular weight is 163 g/mol. The van der Waals surface area contributed by atoms with E-state index in [1.165, 1.54) is 0 Å². The standard InChI is InChI=1S/C7H7N2OSi/c10-7(9-11)8-6-4-2-1-3-5-6/h1-5H,(H2,8,9,10).